The molecule has 1 aliphatic rings. The van der Waals surface area contributed by atoms with Crippen molar-refractivity contribution in [2.75, 3.05) is 5.75 Å². The summed E-state index contributed by atoms with van der Waals surface area (Å²) < 4.78 is 7.91. The minimum Gasteiger partial charge on any atom is -0.364 e. The normalized spacial score (nSPS) is 22.2. The SMILES string of the molecule is NNC(=O)C1CCC(CSc2nc3ccccc3s2)O1. The molecular formula is C13H15N3O2S2. The van der Waals surface area contributed by atoms with Crippen LogP contribution in [0.5, 0.6) is 0 Å². The number of rotatable bonds is 4. The molecule has 5 nitrogen and oxygen atoms in total. The van der Waals surface area contributed by atoms with Crippen molar-refractivity contribution in [3.8, 4) is 0 Å². The zero-order chi connectivity index (χ0) is 13.9. The average Bonchev–Trinajstić information content (AvgIpc) is 3.10. The Balaban J connectivity index is 1.56. The van der Waals surface area contributed by atoms with Crippen LogP contribution in [0.3, 0.4) is 0 Å². The number of amides is 1. The Kier molecular flexibility index (Phi) is 4.21. The van der Waals surface area contributed by atoms with Gasteiger partial charge in [-0.2, -0.15) is 0 Å². The number of ether oxygens (including phenoxy) is 1. The quantitative estimate of drug-likeness (QED) is 0.390. The van der Waals surface area contributed by atoms with Gasteiger partial charge in [0.05, 0.1) is 16.3 Å². The lowest BCUT2D eigenvalue weighted by molar-refractivity contribution is -0.131. The van der Waals surface area contributed by atoms with Crippen LogP contribution < -0.4 is 11.3 Å². The molecule has 1 saturated heterocycles. The minimum atomic E-state index is -0.402. The van der Waals surface area contributed by atoms with Crippen LogP contribution in [0.2, 0.25) is 0 Å². The molecule has 1 aromatic carbocycles. The molecule has 2 atom stereocenters. The van der Waals surface area contributed by atoms with Crippen molar-refractivity contribution in [1.29, 1.82) is 0 Å². The predicted octanol–water partition coefficient (Wildman–Crippen LogP) is 1.93. The molecule has 7 heteroatoms. The number of thioether (sulfide) groups is 1. The van der Waals surface area contributed by atoms with Gasteiger partial charge in [0.1, 0.15) is 6.10 Å². The van der Waals surface area contributed by atoms with Crippen molar-refractivity contribution in [2.45, 2.75) is 29.4 Å². The first-order valence-corrected chi connectivity index (χ1v) is 8.21. The zero-order valence-corrected chi connectivity index (χ0v) is 12.4. The fourth-order valence-corrected chi connectivity index (χ4v) is 4.33. The second-order valence-electron chi connectivity index (χ2n) is 4.59. The number of hydrogen-bond acceptors (Lipinski definition) is 6. The molecule has 1 fully saturated rings. The fraction of sp³-hybridized carbons (Fsp3) is 0.385. The molecule has 20 heavy (non-hydrogen) atoms. The van der Waals surface area contributed by atoms with Gasteiger partial charge in [-0.3, -0.25) is 10.2 Å². The maximum absolute atomic E-state index is 11.4. The summed E-state index contributed by atoms with van der Waals surface area (Å²) in [5, 5.41) is 0. The number of thiazole rings is 1. The lowest BCUT2D eigenvalue weighted by Crippen LogP contribution is -2.39. The second-order valence-corrected chi connectivity index (χ2v) is 6.89. The lowest BCUT2D eigenvalue weighted by Gasteiger charge is -2.11. The molecule has 3 N–H and O–H groups in total. The summed E-state index contributed by atoms with van der Waals surface area (Å²) in [6.07, 6.45) is 1.31. The summed E-state index contributed by atoms with van der Waals surface area (Å²) in [7, 11) is 0. The van der Waals surface area contributed by atoms with Gasteiger partial charge < -0.3 is 4.74 Å². The third kappa shape index (κ3) is 2.95. The highest BCUT2D eigenvalue weighted by Gasteiger charge is 2.30. The highest BCUT2D eigenvalue weighted by molar-refractivity contribution is 8.01. The van der Waals surface area contributed by atoms with Crippen molar-refractivity contribution in [3.63, 3.8) is 0 Å². The maximum atomic E-state index is 11.4. The summed E-state index contributed by atoms with van der Waals surface area (Å²) in [5.74, 6) is 5.69. The van der Waals surface area contributed by atoms with Crippen LogP contribution in [0.15, 0.2) is 28.6 Å². The van der Waals surface area contributed by atoms with E-state index in [-0.39, 0.29) is 12.0 Å². The van der Waals surface area contributed by atoms with Crippen molar-refractivity contribution in [1.82, 2.24) is 10.4 Å². The smallest absolute Gasteiger partial charge is 0.263 e. The Labute approximate surface area is 124 Å². The Morgan fingerprint density at radius 3 is 3.15 bits per heavy atom. The van der Waals surface area contributed by atoms with Gasteiger partial charge in [0.2, 0.25) is 0 Å². The number of nitrogens with zero attached hydrogens (tertiary/aromatic N) is 1. The number of hydrogen-bond donors (Lipinski definition) is 2. The molecule has 2 aromatic rings. The second kappa shape index (κ2) is 6.09. The predicted molar refractivity (Wildman–Crippen MR) is 80.6 cm³/mol. The van der Waals surface area contributed by atoms with E-state index in [1.807, 2.05) is 18.2 Å². The molecule has 0 radical (unpaired) electrons. The number of benzene rings is 1. The fourth-order valence-electron chi connectivity index (χ4n) is 2.19. The number of nitrogens with two attached hydrogens (primary N) is 1. The number of carbonyl (C=O) groups excluding carboxylic acids is 1. The van der Waals surface area contributed by atoms with Gasteiger partial charge in [0, 0.05) is 5.75 Å². The van der Waals surface area contributed by atoms with Crippen LogP contribution in [-0.4, -0.2) is 28.9 Å². The number of fused-ring (bicyclic) bond motifs is 1. The van der Waals surface area contributed by atoms with Crippen LogP contribution >= 0.6 is 23.1 Å². The Hall–Kier alpha value is -1.15. The van der Waals surface area contributed by atoms with Gasteiger partial charge >= 0.3 is 0 Å². The van der Waals surface area contributed by atoms with Crippen LogP contribution in [0.1, 0.15) is 12.8 Å². The van der Waals surface area contributed by atoms with E-state index in [0.29, 0.717) is 0 Å². The largest absolute Gasteiger partial charge is 0.364 e. The van der Waals surface area contributed by atoms with Crippen molar-refractivity contribution >= 4 is 39.2 Å². The van der Waals surface area contributed by atoms with E-state index in [4.69, 9.17) is 10.6 Å². The van der Waals surface area contributed by atoms with Gasteiger partial charge in [-0.15, -0.1) is 11.3 Å². The maximum Gasteiger partial charge on any atom is 0.263 e. The molecule has 106 valence electrons. The van der Waals surface area contributed by atoms with Crippen LogP contribution in [0, 0.1) is 0 Å². The Bertz CT molecular complexity index is 583. The monoisotopic (exact) mass is 309 g/mol. The summed E-state index contributed by atoms with van der Waals surface area (Å²) >= 11 is 3.37. The molecular weight excluding hydrogens is 294 g/mol. The number of aromatic nitrogens is 1. The van der Waals surface area contributed by atoms with Crippen LogP contribution in [-0.2, 0) is 9.53 Å². The van der Waals surface area contributed by atoms with Gasteiger partial charge in [-0.1, -0.05) is 23.9 Å². The minimum absolute atomic E-state index is 0.0920. The third-order valence-electron chi connectivity index (χ3n) is 3.21. The first-order valence-electron chi connectivity index (χ1n) is 6.40. The van der Waals surface area contributed by atoms with Gasteiger partial charge in [-0.05, 0) is 25.0 Å². The molecule has 2 heterocycles. The standard InChI is InChI=1S/C13H15N3O2S2/c14-16-12(17)10-6-5-8(18-10)7-19-13-15-9-3-1-2-4-11(9)20-13/h1-4,8,10H,5-7,14H2,(H,16,17). The summed E-state index contributed by atoms with van der Waals surface area (Å²) in [5.41, 5.74) is 3.17. The van der Waals surface area contributed by atoms with E-state index in [9.17, 15) is 4.79 Å². The molecule has 3 rings (SSSR count). The average molecular weight is 309 g/mol. The summed E-state index contributed by atoms with van der Waals surface area (Å²) in [4.78, 5) is 15.9. The van der Waals surface area contributed by atoms with E-state index in [0.717, 1.165) is 28.5 Å². The molecule has 1 aromatic heterocycles. The Morgan fingerprint density at radius 2 is 2.35 bits per heavy atom. The van der Waals surface area contributed by atoms with Gasteiger partial charge in [0.25, 0.3) is 5.91 Å². The van der Waals surface area contributed by atoms with Crippen molar-refractivity contribution < 1.29 is 9.53 Å². The summed E-state index contributed by atoms with van der Waals surface area (Å²) in [6, 6.07) is 8.10. The molecule has 1 aliphatic heterocycles. The first kappa shape index (κ1) is 13.8. The topological polar surface area (TPSA) is 77.2 Å². The molecule has 0 aliphatic carbocycles. The highest BCUT2D eigenvalue weighted by Crippen LogP contribution is 2.32. The molecule has 2 unspecified atom stereocenters. The van der Waals surface area contributed by atoms with E-state index in [2.05, 4.69) is 16.5 Å². The molecule has 1 amide bonds. The van der Waals surface area contributed by atoms with E-state index < -0.39 is 6.10 Å². The lowest BCUT2D eigenvalue weighted by atomic mass is 10.2. The van der Waals surface area contributed by atoms with Gasteiger partial charge in [0.15, 0.2) is 4.34 Å². The number of para-hydroxylation sites is 1. The molecule has 0 bridgehead atoms. The number of hydrazine groups is 1. The molecule has 0 saturated carbocycles. The van der Waals surface area contributed by atoms with Gasteiger partial charge in [-0.25, -0.2) is 10.8 Å². The van der Waals surface area contributed by atoms with Crippen molar-refractivity contribution in [3.05, 3.63) is 24.3 Å². The zero-order valence-electron chi connectivity index (χ0n) is 10.7. The summed E-state index contributed by atoms with van der Waals surface area (Å²) in [6.45, 7) is 0. The first-order chi connectivity index (χ1) is 9.76. The Morgan fingerprint density at radius 1 is 1.50 bits per heavy atom. The van der Waals surface area contributed by atoms with E-state index >= 15 is 0 Å². The van der Waals surface area contributed by atoms with E-state index in [1.54, 1.807) is 23.1 Å². The van der Waals surface area contributed by atoms with E-state index in [1.165, 1.54) is 4.70 Å². The van der Waals surface area contributed by atoms with Crippen LogP contribution in [0.25, 0.3) is 10.2 Å². The highest BCUT2D eigenvalue weighted by atomic mass is 32.2. The third-order valence-corrected chi connectivity index (χ3v) is 5.52. The number of nitrogens with one attached hydrogen (secondary N) is 1. The molecule has 0 spiro atoms. The van der Waals surface area contributed by atoms with Crippen LogP contribution in [0.4, 0.5) is 0 Å². The van der Waals surface area contributed by atoms with Crippen molar-refractivity contribution in [2.24, 2.45) is 5.84 Å². The number of carbonyl (C=O) groups is 1.